The molecule has 0 saturated carbocycles. The van der Waals surface area contributed by atoms with Gasteiger partial charge in [-0.15, -0.1) is 11.3 Å². The molecule has 4 heteroatoms. The lowest BCUT2D eigenvalue weighted by atomic mass is 10.1. The zero-order chi connectivity index (χ0) is 15.3. The minimum Gasteiger partial charge on any atom is -0.326 e. The predicted octanol–water partition coefficient (Wildman–Crippen LogP) is 5.06. The summed E-state index contributed by atoms with van der Waals surface area (Å²) < 4.78 is 15.4. The molecule has 0 aliphatic carbocycles. The minimum atomic E-state index is -0.199. The monoisotopic (exact) mass is 310 g/mol. The van der Waals surface area contributed by atoms with Gasteiger partial charge in [-0.25, -0.2) is 9.37 Å². The van der Waals surface area contributed by atoms with Gasteiger partial charge in [-0.3, -0.25) is 0 Å². The van der Waals surface area contributed by atoms with Gasteiger partial charge in [0.2, 0.25) is 0 Å². The van der Waals surface area contributed by atoms with Crippen LogP contribution < -0.4 is 0 Å². The minimum absolute atomic E-state index is 0.199. The van der Waals surface area contributed by atoms with Crippen LogP contribution in [-0.4, -0.2) is 9.55 Å². The standard InChI is InChI=1S/C18H15FN2S/c1-11-3-8-16-15(9-11)17-18(22-12(2)20-17)21(16)10-13-4-6-14(19)7-5-13/h3-9H,10H2,1-2H3. The van der Waals surface area contributed by atoms with Crippen LogP contribution in [0.3, 0.4) is 0 Å². The molecule has 0 amide bonds. The Labute approximate surface area is 131 Å². The third-order valence-electron chi connectivity index (χ3n) is 3.91. The van der Waals surface area contributed by atoms with Crippen LogP contribution in [0.15, 0.2) is 42.5 Å². The Morgan fingerprint density at radius 1 is 1.09 bits per heavy atom. The molecule has 0 fully saturated rings. The maximum absolute atomic E-state index is 13.1. The summed E-state index contributed by atoms with van der Waals surface area (Å²) >= 11 is 1.71. The number of halogens is 1. The molecule has 0 spiro atoms. The molecule has 0 atom stereocenters. The first-order chi connectivity index (χ1) is 10.6. The summed E-state index contributed by atoms with van der Waals surface area (Å²) in [4.78, 5) is 5.88. The Morgan fingerprint density at radius 2 is 1.86 bits per heavy atom. The van der Waals surface area contributed by atoms with E-state index >= 15 is 0 Å². The first-order valence-corrected chi connectivity index (χ1v) is 8.04. The van der Waals surface area contributed by atoms with Crippen LogP contribution >= 0.6 is 11.3 Å². The van der Waals surface area contributed by atoms with Crippen molar-refractivity contribution in [1.29, 1.82) is 0 Å². The summed E-state index contributed by atoms with van der Waals surface area (Å²) in [6.07, 6.45) is 0. The number of rotatable bonds is 2. The van der Waals surface area contributed by atoms with E-state index < -0.39 is 0 Å². The van der Waals surface area contributed by atoms with E-state index in [1.807, 2.05) is 19.1 Å². The Kier molecular flexibility index (Phi) is 3.01. The van der Waals surface area contributed by atoms with E-state index in [-0.39, 0.29) is 5.82 Å². The number of benzene rings is 2. The van der Waals surface area contributed by atoms with E-state index in [0.29, 0.717) is 0 Å². The average molecular weight is 310 g/mol. The molecule has 0 unspecified atom stereocenters. The second-order valence-corrected chi connectivity index (χ2v) is 6.80. The van der Waals surface area contributed by atoms with Gasteiger partial charge in [-0.05, 0) is 43.7 Å². The lowest BCUT2D eigenvalue weighted by molar-refractivity contribution is 0.626. The Bertz CT molecular complexity index is 980. The molecule has 2 aromatic heterocycles. The fourth-order valence-electron chi connectivity index (χ4n) is 2.89. The number of aromatic nitrogens is 2. The molecule has 110 valence electrons. The van der Waals surface area contributed by atoms with Gasteiger partial charge >= 0.3 is 0 Å². The largest absolute Gasteiger partial charge is 0.326 e. The summed E-state index contributed by atoms with van der Waals surface area (Å²) in [7, 11) is 0. The molecule has 0 N–H and O–H groups in total. The molecule has 0 bridgehead atoms. The molecule has 0 aliphatic rings. The fourth-order valence-corrected chi connectivity index (χ4v) is 3.83. The van der Waals surface area contributed by atoms with E-state index in [0.717, 1.165) is 22.6 Å². The van der Waals surface area contributed by atoms with Crippen molar-refractivity contribution in [2.24, 2.45) is 0 Å². The third-order valence-corrected chi connectivity index (χ3v) is 4.91. The van der Waals surface area contributed by atoms with Gasteiger partial charge in [-0.1, -0.05) is 23.8 Å². The number of fused-ring (bicyclic) bond motifs is 3. The van der Waals surface area contributed by atoms with Crippen LogP contribution in [0.5, 0.6) is 0 Å². The van der Waals surface area contributed by atoms with Crippen LogP contribution in [0.4, 0.5) is 4.39 Å². The van der Waals surface area contributed by atoms with E-state index in [1.165, 1.54) is 33.4 Å². The Hall–Kier alpha value is -2.20. The molecular formula is C18H15FN2S. The van der Waals surface area contributed by atoms with Gasteiger partial charge in [0.1, 0.15) is 16.2 Å². The van der Waals surface area contributed by atoms with Crippen molar-refractivity contribution in [3.05, 3.63) is 64.4 Å². The normalized spacial score (nSPS) is 11.6. The van der Waals surface area contributed by atoms with Crippen molar-refractivity contribution in [3.8, 4) is 0 Å². The molecule has 2 heterocycles. The van der Waals surface area contributed by atoms with Crippen LogP contribution in [-0.2, 0) is 6.54 Å². The highest BCUT2D eigenvalue weighted by Crippen LogP contribution is 2.33. The molecule has 0 saturated heterocycles. The Balaban J connectivity index is 1.95. The zero-order valence-corrected chi connectivity index (χ0v) is 13.2. The molecular weight excluding hydrogens is 295 g/mol. The number of thiazole rings is 1. The average Bonchev–Trinajstić information content (AvgIpc) is 2.99. The topological polar surface area (TPSA) is 17.8 Å². The van der Waals surface area contributed by atoms with Crippen molar-refractivity contribution < 1.29 is 4.39 Å². The maximum Gasteiger partial charge on any atom is 0.124 e. The summed E-state index contributed by atoms with van der Waals surface area (Å²) in [6.45, 7) is 4.86. The highest BCUT2D eigenvalue weighted by molar-refractivity contribution is 7.18. The van der Waals surface area contributed by atoms with Crippen molar-refractivity contribution in [2.75, 3.05) is 0 Å². The quantitative estimate of drug-likeness (QED) is 0.506. The number of aryl methyl sites for hydroxylation is 2. The van der Waals surface area contributed by atoms with Crippen molar-refractivity contribution in [2.45, 2.75) is 20.4 Å². The number of hydrogen-bond donors (Lipinski definition) is 0. The number of hydrogen-bond acceptors (Lipinski definition) is 2. The molecule has 22 heavy (non-hydrogen) atoms. The lowest BCUT2D eigenvalue weighted by Gasteiger charge is -2.07. The van der Waals surface area contributed by atoms with Crippen molar-refractivity contribution >= 4 is 32.6 Å². The molecule has 0 radical (unpaired) electrons. The van der Waals surface area contributed by atoms with Gasteiger partial charge in [-0.2, -0.15) is 0 Å². The fraction of sp³-hybridized carbons (Fsp3) is 0.167. The molecule has 2 aromatic carbocycles. The predicted molar refractivity (Wildman–Crippen MR) is 90.1 cm³/mol. The van der Waals surface area contributed by atoms with Gasteiger partial charge < -0.3 is 4.57 Å². The highest BCUT2D eigenvalue weighted by Gasteiger charge is 2.15. The second kappa shape index (κ2) is 4.92. The SMILES string of the molecule is Cc1ccc2c(c1)c1nc(C)sc1n2Cc1ccc(F)cc1. The van der Waals surface area contributed by atoms with Gasteiger partial charge in [0.15, 0.2) is 0 Å². The number of nitrogens with zero attached hydrogens (tertiary/aromatic N) is 2. The van der Waals surface area contributed by atoms with Crippen LogP contribution in [0, 0.1) is 19.7 Å². The molecule has 4 rings (SSSR count). The van der Waals surface area contributed by atoms with E-state index in [4.69, 9.17) is 4.98 Å². The van der Waals surface area contributed by atoms with Crippen molar-refractivity contribution in [3.63, 3.8) is 0 Å². The summed E-state index contributed by atoms with van der Waals surface area (Å²) in [5.74, 6) is -0.199. The van der Waals surface area contributed by atoms with Crippen molar-refractivity contribution in [1.82, 2.24) is 9.55 Å². The van der Waals surface area contributed by atoms with E-state index in [1.54, 1.807) is 11.3 Å². The van der Waals surface area contributed by atoms with Crippen LogP contribution in [0.25, 0.3) is 21.3 Å². The molecule has 2 nitrogen and oxygen atoms in total. The highest BCUT2D eigenvalue weighted by atomic mass is 32.1. The van der Waals surface area contributed by atoms with E-state index in [9.17, 15) is 4.39 Å². The van der Waals surface area contributed by atoms with Gasteiger partial charge in [0.05, 0.1) is 10.5 Å². The summed E-state index contributed by atoms with van der Waals surface area (Å²) in [6, 6.07) is 13.2. The van der Waals surface area contributed by atoms with Crippen LogP contribution in [0.1, 0.15) is 16.1 Å². The third kappa shape index (κ3) is 2.11. The van der Waals surface area contributed by atoms with Crippen LogP contribution in [0.2, 0.25) is 0 Å². The smallest absolute Gasteiger partial charge is 0.124 e. The summed E-state index contributed by atoms with van der Waals surface area (Å²) in [5, 5.41) is 2.27. The van der Waals surface area contributed by atoms with E-state index in [2.05, 4.69) is 29.7 Å². The molecule has 0 aliphatic heterocycles. The molecule has 4 aromatic rings. The van der Waals surface area contributed by atoms with Gasteiger partial charge in [0.25, 0.3) is 0 Å². The maximum atomic E-state index is 13.1. The first-order valence-electron chi connectivity index (χ1n) is 7.22. The Morgan fingerprint density at radius 3 is 2.64 bits per heavy atom. The zero-order valence-electron chi connectivity index (χ0n) is 12.4. The second-order valence-electron chi connectivity index (χ2n) is 5.62. The van der Waals surface area contributed by atoms with Gasteiger partial charge in [0, 0.05) is 11.9 Å². The lowest BCUT2D eigenvalue weighted by Crippen LogP contribution is -1.98. The summed E-state index contributed by atoms with van der Waals surface area (Å²) in [5.41, 5.74) is 4.58. The first kappa shape index (κ1) is 13.5.